The van der Waals surface area contributed by atoms with Gasteiger partial charge in [-0.3, -0.25) is 4.79 Å². The molecule has 0 spiro atoms. The van der Waals surface area contributed by atoms with Gasteiger partial charge in [0.15, 0.2) is 0 Å². The van der Waals surface area contributed by atoms with Crippen LogP contribution < -0.4 is 25.0 Å². The van der Waals surface area contributed by atoms with Crippen molar-refractivity contribution in [3.05, 3.63) is 42.0 Å². The van der Waals surface area contributed by atoms with Crippen LogP contribution in [0.3, 0.4) is 0 Å². The van der Waals surface area contributed by atoms with Gasteiger partial charge in [0.25, 0.3) is 0 Å². The monoisotopic (exact) mass is 355 g/mol. The van der Waals surface area contributed by atoms with Crippen molar-refractivity contribution < 1.29 is 19.1 Å². The number of anilines is 3. The molecule has 1 heterocycles. The highest BCUT2D eigenvalue weighted by molar-refractivity contribution is 6.01. The maximum atomic E-state index is 12.3. The number of fused-ring (bicyclic) bond motifs is 1. The van der Waals surface area contributed by atoms with Gasteiger partial charge in [-0.15, -0.1) is 0 Å². The van der Waals surface area contributed by atoms with Crippen LogP contribution in [0, 0.1) is 0 Å². The molecule has 0 bridgehead atoms. The molecule has 0 radical (unpaired) electrons. The predicted octanol–water partition coefficient (Wildman–Crippen LogP) is 3.26. The van der Waals surface area contributed by atoms with Crippen LogP contribution in [0.25, 0.3) is 0 Å². The topological polar surface area (TPSA) is 79.9 Å². The summed E-state index contributed by atoms with van der Waals surface area (Å²) in [6.45, 7) is 0. The van der Waals surface area contributed by atoms with Crippen LogP contribution in [0.15, 0.2) is 36.4 Å². The molecule has 136 valence electrons. The number of amides is 3. The zero-order valence-electron chi connectivity index (χ0n) is 15.0. The van der Waals surface area contributed by atoms with Crippen molar-refractivity contribution in [3.8, 4) is 11.5 Å². The second-order valence-corrected chi connectivity index (χ2v) is 5.94. The van der Waals surface area contributed by atoms with Crippen molar-refractivity contribution in [1.29, 1.82) is 0 Å². The number of ether oxygens (including phenoxy) is 2. The number of methoxy groups -OCH3 is 2. The van der Waals surface area contributed by atoms with Gasteiger partial charge in [-0.1, -0.05) is 0 Å². The smallest absolute Gasteiger partial charge is 0.323 e. The van der Waals surface area contributed by atoms with Gasteiger partial charge in [-0.25, -0.2) is 4.79 Å². The average molecular weight is 355 g/mol. The molecule has 0 saturated carbocycles. The van der Waals surface area contributed by atoms with Crippen molar-refractivity contribution in [1.82, 2.24) is 0 Å². The molecule has 2 N–H and O–H groups in total. The van der Waals surface area contributed by atoms with Gasteiger partial charge in [0.2, 0.25) is 5.91 Å². The quantitative estimate of drug-likeness (QED) is 0.882. The second kappa shape index (κ2) is 7.35. The van der Waals surface area contributed by atoms with Gasteiger partial charge >= 0.3 is 6.03 Å². The fourth-order valence-corrected chi connectivity index (χ4v) is 2.92. The molecule has 0 aliphatic carbocycles. The van der Waals surface area contributed by atoms with Crippen LogP contribution in [-0.4, -0.2) is 33.2 Å². The first-order valence-corrected chi connectivity index (χ1v) is 8.21. The number of carbonyl (C=O) groups is 2. The highest BCUT2D eigenvalue weighted by Gasteiger charge is 2.21. The second-order valence-electron chi connectivity index (χ2n) is 5.94. The van der Waals surface area contributed by atoms with Crippen molar-refractivity contribution in [2.45, 2.75) is 12.8 Å². The number of nitrogens with one attached hydrogen (secondary N) is 2. The summed E-state index contributed by atoms with van der Waals surface area (Å²) in [5, 5.41) is 5.57. The maximum Gasteiger partial charge on any atom is 0.323 e. The Morgan fingerprint density at radius 3 is 2.58 bits per heavy atom. The van der Waals surface area contributed by atoms with Crippen molar-refractivity contribution in [3.63, 3.8) is 0 Å². The molecule has 0 fully saturated rings. The summed E-state index contributed by atoms with van der Waals surface area (Å²) in [5.41, 5.74) is 3.11. The molecule has 1 aliphatic heterocycles. The minimum atomic E-state index is -0.381. The Balaban J connectivity index is 1.72. The summed E-state index contributed by atoms with van der Waals surface area (Å²) < 4.78 is 10.4. The van der Waals surface area contributed by atoms with E-state index in [1.165, 1.54) is 7.11 Å². The molecule has 3 rings (SSSR count). The molecule has 0 aromatic heterocycles. The standard InChI is InChI=1S/C19H21N3O4/c1-22-16-8-5-13(10-12(16)4-9-18(22)23)20-19(24)21-15-7-6-14(25-2)11-17(15)26-3/h5-8,10-11H,4,9H2,1-3H3,(H2,20,21,24). The molecular formula is C19H21N3O4. The van der Waals surface area contributed by atoms with E-state index in [-0.39, 0.29) is 11.9 Å². The number of hydrogen-bond donors (Lipinski definition) is 2. The van der Waals surface area contributed by atoms with Crippen molar-refractivity contribution in [2.24, 2.45) is 0 Å². The van der Waals surface area contributed by atoms with Crippen LogP contribution in [0.2, 0.25) is 0 Å². The minimum absolute atomic E-state index is 0.0996. The Kier molecular flexibility index (Phi) is 4.97. The maximum absolute atomic E-state index is 12.3. The number of hydrogen-bond acceptors (Lipinski definition) is 4. The molecule has 26 heavy (non-hydrogen) atoms. The first-order chi connectivity index (χ1) is 12.5. The summed E-state index contributed by atoms with van der Waals surface area (Å²) in [4.78, 5) is 25.7. The number of nitrogens with zero attached hydrogens (tertiary/aromatic N) is 1. The average Bonchev–Trinajstić information content (AvgIpc) is 2.65. The lowest BCUT2D eigenvalue weighted by Gasteiger charge is -2.26. The highest BCUT2D eigenvalue weighted by atomic mass is 16.5. The zero-order valence-corrected chi connectivity index (χ0v) is 15.0. The molecule has 3 amide bonds. The largest absolute Gasteiger partial charge is 0.497 e. The lowest BCUT2D eigenvalue weighted by atomic mass is 10.0. The number of carbonyl (C=O) groups excluding carboxylic acids is 2. The fourth-order valence-electron chi connectivity index (χ4n) is 2.92. The van der Waals surface area contributed by atoms with Crippen LogP contribution in [-0.2, 0) is 11.2 Å². The lowest BCUT2D eigenvalue weighted by molar-refractivity contribution is -0.118. The van der Waals surface area contributed by atoms with E-state index in [0.717, 1.165) is 11.3 Å². The normalized spacial score (nSPS) is 13.0. The van der Waals surface area contributed by atoms with Gasteiger partial charge in [0.1, 0.15) is 11.5 Å². The molecule has 2 aromatic rings. The number of rotatable bonds is 4. The molecule has 2 aromatic carbocycles. The third-order valence-corrected chi connectivity index (χ3v) is 4.34. The molecular weight excluding hydrogens is 334 g/mol. The first kappa shape index (κ1) is 17.6. The molecule has 0 unspecified atom stereocenters. The van der Waals surface area contributed by atoms with E-state index in [2.05, 4.69) is 10.6 Å². The SMILES string of the molecule is COc1ccc(NC(=O)Nc2ccc3c(c2)CCC(=O)N3C)c(OC)c1. The van der Waals surface area contributed by atoms with E-state index >= 15 is 0 Å². The fraction of sp³-hybridized carbons (Fsp3) is 0.263. The summed E-state index contributed by atoms with van der Waals surface area (Å²) in [6.07, 6.45) is 1.14. The Bertz CT molecular complexity index is 851. The Hall–Kier alpha value is -3.22. The van der Waals surface area contributed by atoms with E-state index < -0.39 is 0 Å². The lowest BCUT2D eigenvalue weighted by Crippen LogP contribution is -2.31. The summed E-state index contributed by atoms with van der Waals surface area (Å²) >= 11 is 0. The molecule has 0 saturated heterocycles. The molecule has 7 heteroatoms. The highest BCUT2D eigenvalue weighted by Crippen LogP contribution is 2.31. The third kappa shape index (κ3) is 3.56. The zero-order chi connectivity index (χ0) is 18.7. The Morgan fingerprint density at radius 1 is 1.04 bits per heavy atom. The molecule has 1 aliphatic rings. The van der Waals surface area contributed by atoms with Crippen LogP contribution in [0.5, 0.6) is 11.5 Å². The summed E-state index contributed by atoms with van der Waals surface area (Å²) in [7, 11) is 4.85. The van der Waals surface area contributed by atoms with Gasteiger partial charge in [-0.05, 0) is 42.3 Å². The third-order valence-electron chi connectivity index (χ3n) is 4.34. The van der Waals surface area contributed by atoms with E-state index in [0.29, 0.717) is 35.7 Å². The predicted molar refractivity (Wildman–Crippen MR) is 100 cm³/mol. The van der Waals surface area contributed by atoms with E-state index in [1.807, 2.05) is 12.1 Å². The van der Waals surface area contributed by atoms with Crippen molar-refractivity contribution >= 4 is 29.0 Å². The first-order valence-electron chi connectivity index (χ1n) is 8.21. The van der Waals surface area contributed by atoms with Gasteiger partial charge < -0.3 is 25.0 Å². The van der Waals surface area contributed by atoms with Crippen LogP contribution in [0.4, 0.5) is 21.9 Å². The minimum Gasteiger partial charge on any atom is -0.497 e. The van der Waals surface area contributed by atoms with E-state index in [4.69, 9.17) is 9.47 Å². The van der Waals surface area contributed by atoms with Gasteiger partial charge in [0.05, 0.1) is 19.9 Å². The van der Waals surface area contributed by atoms with Gasteiger partial charge in [0, 0.05) is 30.9 Å². The van der Waals surface area contributed by atoms with E-state index in [9.17, 15) is 9.59 Å². The van der Waals surface area contributed by atoms with Crippen molar-refractivity contribution in [2.75, 3.05) is 36.8 Å². The summed E-state index contributed by atoms with van der Waals surface area (Å²) in [5.74, 6) is 1.24. The van der Waals surface area contributed by atoms with E-state index in [1.54, 1.807) is 43.3 Å². The van der Waals surface area contributed by atoms with Crippen LogP contribution >= 0.6 is 0 Å². The molecule has 0 atom stereocenters. The Labute approximate surface area is 151 Å². The summed E-state index contributed by atoms with van der Waals surface area (Å²) in [6, 6.07) is 10.3. The van der Waals surface area contributed by atoms with Gasteiger partial charge in [-0.2, -0.15) is 0 Å². The molecule has 7 nitrogen and oxygen atoms in total. The number of aryl methyl sites for hydroxylation is 1. The van der Waals surface area contributed by atoms with Crippen LogP contribution in [0.1, 0.15) is 12.0 Å². The number of urea groups is 1. The Morgan fingerprint density at radius 2 is 1.85 bits per heavy atom. The number of benzene rings is 2.